The molecule has 114 valence electrons. The lowest BCUT2D eigenvalue weighted by molar-refractivity contribution is 0.0353. The summed E-state index contributed by atoms with van der Waals surface area (Å²) in [4.78, 5) is 2.32. The van der Waals surface area contributed by atoms with Crippen molar-refractivity contribution in [2.45, 2.75) is 38.8 Å². The second-order valence-electron chi connectivity index (χ2n) is 6.05. The minimum absolute atomic E-state index is 0.220. The highest BCUT2D eigenvalue weighted by Crippen LogP contribution is 2.22. The minimum Gasteiger partial charge on any atom is -0.489 e. The number of hydrogen-bond donors (Lipinski definition) is 1. The predicted octanol–water partition coefficient (Wildman–Crippen LogP) is 2.42. The summed E-state index contributed by atoms with van der Waals surface area (Å²) in [5, 5.41) is 19.2. The van der Waals surface area contributed by atoms with Crippen molar-refractivity contribution in [1.82, 2.24) is 4.90 Å². The van der Waals surface area contributed by atoms with Crippen LogP contribution in [0.3, 0.4) is 0 Å². The monoisotopic (exact) mass is 288 g/mol. The van der Waals surface area contributed by atoms with Gasteiger partial charge in [0.1, 0.15) is 24.5 Å². The molecule has 4 heteroatoms. The van der Waals surface area contributed by atoms with Gasteiger partial charge in [-0.2, -0.15) is 5.26 Å². The van der Waals surface area contributed by atoms with Gasteiger partial charge in [-0.05, 0) is 44.4 Å². The van der Waals surface area contributed by atoms with Crippen LogP contribution in [0.15, 0.2) is 24.3 Å². The zero-order valence-corrected chi connectivity index (χ0v) is 12.8. The fourth-order valence-corrected chi connectivity index (χ4v) is 2.92. The summed E-state index contributed by atoms with van der Waals surface area (Å²) in [5.41, 5.74) is 0.505. The molecule has 1 aliphatic rings. The lowest BCUT2D eigenvalue weighted by atomic mass is 9.93. The number of nitrogens with zero attached hydrogens (tertiary/aromatic N) is 2. The van der Waals surface area contributed by atoms with E-state index in [9.17, 15) is 5.11 Å². The topological polar surface area (TPSA) is 56.5 Å². The van der Waals surface area contributed by atoms with E-state index in [4.69, 9.17) is 10.00 Å². The molecule has 0 aliphatic carbocycles. The van der Waals surface area contributed by atoms with Crippen LogP contribution in [0.1, 0.15) is 32.3 Å². The quantitative estimate of drug-likeness (QED) is 0.904. The first-order chi connectivity index (χ1) is 10.1. The molecule has 0 saturated carbocycles. The molecule has 1 aliphatic heterocycles. The largest absolute Gasteiger partial charge is 0.489 e. The molecule has 1 heterocycles. The van der Waals surface area contributed by atoms with Crippen LogP contribution in [0, 0.1) is 17.2 Å². The van der Waals surface area contributed by atoms with E-state index in [2.05, 4.69) is 24.8 Å². The molecule has 3 atom stereocenters. The number of piperidine rings is 1. The van der Waals surface area contributed by atoms with E-state index in [0.717, 1.165) is 12.5 Å². The number of ether oxygens (including phenoxy) is 1. The Morgan fingerprint density at radius 3 is 2.90 bits per heavy atom. The van der Waals surface area contributed by atoms with Crippen molar-refractivity contribution in [3.05, 3.63) is 29.8 Å². The standard InChI is InChI=1S/C17H24N2O2/c1-13-7-8-19(14(2)9-13)11-16(20)12-21-17-6-4-3-5-15(17)10-18/h3-6,13-14,16,20H,7-9,11-12H2,1-2H3. The van der Waals surface area contributed by atoms with E-state index in [1.54, 1.807) is 18.2 Å². The van der Waals surface area contributed by atoms with Gasteiger partial charge in [-0.25, -0.2) is 0 Å². The van der Waals surface area contributed by atoms with Gasteiger partial charge in [-0.1, -0.05) is 19.1 Å². The zero-order chi connectivity index (χ0) is 15.2. The van der Waals surface area contributed by atoms with Gasteiger partial charge < -0.3 is 9.84 Å². The van der Waals surface area contributed by atoms with Crippen molar-refractivity contribution in [2.24, 2.45) is 5.92 Å². The fourth-order valence-electron chi connectivity index (χ4n) is 2.92. The third kappa shape index (κ3) is 4.45. The van der Waals surface area contributed by atoms with Gasteiger partial charge in [0, 0.05) is 12.6 Å². The Morgan fingerprint density at radius 1 is 1.43 bits per heavy atom. The molecule has 3 unspecified atom stereocenters. The number of aliphatic hydroxyl groups excluding tert-OH is 1. The van der Waals surface area contributed by atoms with Crippen LogP contribution >= 0.6 is 0 Å². The van der Waals surface area contributed by atoms with Crippen LogP contribution < -0.4 is 4.74 Å². The maximum absolute atomic E-state index is 10.2. The molecular formula is C17H24N2O2. The molecule has 4 nitrogen and oxygen atoms in total. The number of hydrogen-bond acceptors (Lipinski definition) is 4. The highest BCUT2D eigenvalue weighted by atomic mass is 16.5. The van der Waals surface area contributed by atoms with Crippen LogP contribution in [0.5, 0.6) is 5.75 Å². The second kappa shape index (κ2) is 7.44. The predicted molar refractivity (Wildman–Crippen MR) is 82.1 cm³/mol. The fraction of sp³-hybridized carbons (Fsp3) is 0.588. The summed E-state index contributed by atoms with van der Waals surface area (Å²) in [6.07, 6.45) is 1.84. The van der Waals surface area contributed by atoms with Gasteiger partial charge in [0.25, 0.3) is 0 Å². The molecule has 0 amide bonds. The lowest BCUT2D eigenvalue weighted by Gasteiger charge is -2.37. The second-order valence-corrected chi connectivity index (χ2v) is 6.05. The highest BCUT2D eigenvalue weighted by molar-refractivity contribution is 5.42. The number of nitriles is 1. The number of para-hydroxylation sites is 1. The summed E-state index contributed by atoms with van der Waals surface area (Å²) in [6.45, 7) is 6.38. The Balaban J connectivity index is 1.82. The summed E-state index contributed by atoms with van der Waals surface area (Å²) in [7, 11) is 0. The lowest BCUT2D eigenvalue weighted by Crippen LogP contribution is -2.45. The highest BCUT2D eigenvalue weighted by Gasteiger charge is 2.24. The molecule has 1 N–H and O–H groups in total. The number of β-amino-alcohol motifs (C(OH)–C–C–N with tert-alkyl or cyclic N) is 1. The van der Waals surface area contributed by atoms with Crippen molar-refractivity contribution in [2.75, 3.05) is 19.7 Å². The van der Waals surface area contributed by atoms with Crippen molar-refractivity contribution >= 4 is 0 Å². The van der Waals surface area contributed by atoms with E-state index in [1.165, 1.54) is 12.8 Å². The molecule has 0 radical (unpaired) electrons. The molecule has 1 aromatic rings. The Morgan fingerprint density at radius 2 is 2.19 bits per heavy atom. The van der Waals surface area contributed by atoms with Crippen LogP contribution in [-0.2, 0) is 0 Å². The van der Waals surface area contributed by atoms with E-state index in [0.29, 0.717) is 23.9 Å². The summed E-state index contributed by atoms with van der Waals surface area (Å²) in [5.74, 6) is 1.31. The van der Waals surface area contributed by atoms with Gasteiger partial charge in [0.2, 0.25) is 0 Å². The van der Waals surface area contributed by atoms with Crippen LogP contribution in [0.2, 0.25) is 0 Å². The Kier molecular flexibility index (Phi) is 5.60. The molecule has 1 fully saturated rings. The SMILES string of the molecule is CC1CCN(CC(O)COc2ccccc2C#N)C(C)C1. The number of aliphatic hydroxyl groups is 1. The van der Waals surface area contributed by atoms with Crippen LogP contribution in [0.4, 0.5) is 0 Å². The van der Waals surface area contributed by atoms with E-state index >= 15 is 0 Å². The van der Waals surface area contributed by atoms with Gasteiger partial charge in [-0.15, -0.1) is 0 Å². The first-order valence-electron chi connectivity index (χ1n) is 7.64. The van der Waals surface area contributed by atoms with Crippen molar-refractivity contribution < 1.29 is 9.84 Å². The Hall–Kier alpha value is -1.57. The average Bonchev–Trinajstić information content (AvgIpc) is 2.48. The summed E-state index contributed by atoms with van der Waals surface area (Å²) >= 11 is 0. The Labute approximate surface area is 127 Å². The molecular weight excluding hydrogens is 264 g/mol. The van der Waals surface area contributed by atoms with Crippen molar-refractivity contribution in [3.63, 3.8) is 0 Å². The van der Waals surface area contributed by atoms with Gasteiger partial charge >= 0.3 is 0 Å². The average molecular weight is 288 g/mol. The van der Waals surface area contributed by atoms with Gasteiger partial charge in [-0.3, -0.25) is 4.90 Å². The van der Waals surface area contributed by atoms with Crippen molar-refractivity contribution in [3.8, 4) is 11.8 Å². The molecule has 1 aromatic carbocycles. The van der Waals surface area contributed by atoms with E-state index < -0.39 is 6.10 Å². The first kappa shape index (κ1) is 15.8. The summed E-state index contributed by atoms with van der Waals surface area (Å²) < 4.78 is 5.59. The molecule has 1 saturated heterocycles. The molecule has 21 heavy (non-hydrogen) atoms. The van der Waals surface area contributed by atoms with Gasteiger partial charge in [0.05, 0.1) is 5.56 Å². The molecule has 0 aromatic heterocycles. The number of benzene rings is 1. The maximum Gasteiger partial charge on any atom is 0.137 e. The third-order valence-corrected chi connectivity index (χ3v) is 4.16. The zero-order valence-electron chi connectivity index (χ0n) is 12.8. The third-order valence-electron chi connectivity index (χ3n) is 4.16. The van der Waals surface area contributed by atoms with E-state index in [1.807, 2.05) is 6.07 Å². The first-order valence-corrected chi connectivity index (χ1v) is 7.64. The minimum atomic E-state index is -0.535. The molecule has 2 rings (SSSR count). The van der Waals surface area contributed by atoms with E-state index in [-0.39, 0.29) is 6.61 Å². The Bertz CT molecular complexity index is 498. The number of likely N-dealkylation sites (tertiary alicyclic amines) is 1. The maximum atomic E-state index is 10.2. The normalized spacial score (nSPS) is 24.3. The molecule has 0 bridgehead atoms. The van der Waals surface area contributed by atoms with Crippen molar-refractivity contribution in [1.29, 1.82) is 5.26 Å². The molecule has 0 spiro atoms. The van der Waals surface area contributed by atoms with Crippen LogP contribution in [-0.4, -0.2) is 41.8 Å². The van der Waals surface area contributed by atoms with Gasteiger partial charge in [0.15, 0.2) is 0 Å². The number of rotatable bonds is 5. The smallest absolute Gasteiger partial charge is 0.137 e. The van der Waals surface area contributed by atoms with Crippen LogP contribution in [0.25, 0.3) is 0 Å². The summed E-state index contributed by atoms with van der Waals surface area (Å²) in [6, 6.07) is 9.72.